The molecular weight excluding hydrogens is 333 g/mol. The van der Waals surface area contributed by atoms with E-state index in [4.69, 9.17) is 9.47 Å². The van der Waals surface area contributed by atoms with Crippen molar-refractivity contribution in [1.29, 1.82) is 0 Å². The number of amides is 1. The number of rotatable bonds is 5. The minimum atomic E-state index is -1.15. The number of methoxy groups -OCH3 is 1. The molecular formula is C21H26FNO3. The Balaban J connectivity index is 2.23. The van der Waals surface area contributed by atoms with Crippen LogP contribution >= 0.6 is 0 Å². The van der Waals surface area contributed by atoms with Crippen molar-refractivity contribution in [2.75, 3.05) is 12.4 Å². The molecule has 4 nitrogen and oxygen atoms in total. The van der Waals surface area contributed by atoms with Gasteiger partial charge < -0.3 is 14.8 Å². The van der Waals surface area contributed by atoms with E-state index in [0.717, 1.165) is 5.56 Å². The summed E-state index contributed by atoms with van der Waals surface area (Å²) in [6.45, 7) is 9.61. The van der Waals surface area contributed by atoms with E-state index in [1.807, 2.05) is 18.2 Å². The number of nitrogens with one attached hydrogen (secondary N) is 1. The highest BCUT2D eigenvalue weighted by Crippen LogP contribution is 2.32. The van der Waals surface area contributed by atoms with Gasteiger partial charge >= 0.3 is 0 Å². The van der Waals surface area contributed by atoms with Gasteiger partial charge in [0.1, 0.15) is 17.3 Å². The molecule has 2 aromatic carbocycles. The fourth-order valence-corrected chi connectivity index (χ4v) is 2.39. The molecule has 2 rings (SSSR count). The molecule has 0 aromatic heterocycles. The Bertz CT molecular complexity index is 777. The van der Waals surface area contributed by atoms with Crippen LogP contribution in [0.1, 0.15) is 40.2 Å². The summed E-state index contributed by atoms with van der Waals surface area (Å²) in [7, 11) is 1.56. The minimum Gasteiger partial charge on any atom is -0.495 e. The Hall–Kier alpha value is -2.56. The van der Waals surface area contributed by atoms with Crippen LogP contribution in [0.15, 0.2) is 42.5 Å². The number of benzene rings is 2. The highest BCUT2D eigenvalue weighted by Gasteiger charge is 2.31. The van der Waals surface area contributed by atoms with Crippen LogP contribution in [-0.2, 0) is 10.2 Å². The number of anilines is 1. The number of carbonyl (C=O) groups is 1. The quantitative estimate of drug-likeness (QED) is 0.823. The van der Waals surface area contributed by atoms with E-state index in [1.54, 1.807) is 21.0 Å². The standard InChI is InChI=1S/C21H26FNO3/c1-20(2,3)14-7-12-18(25-6)17(13-14)23-19(24)21(4,5)26-16-10-8-15(22)9-11-16/h7-13H,1-6H3,(H,23,24). The monoisotopic (exact) mass is 359 g/mol. The summed E-state index contributed by atoms with van der Waals surface area (Å²) in [5.41, 5.74) is 0.443. The van der Waals surface area contributed by atoms with Crippen molar-refractivity contribution in [3.05, 3.63) is 53.8 Å². The lowest BCUT2D eigenvalue weighted by atomic mass is 9.86. The first-order valence-corrected chi connectivity index (χ1v) is 8.47. The van der Waals surface area contributed by atoms with Crippen LogP contribution < -0.4 is 14.8 Å². The van der Waals surface area contributed by atoms with Crippen molar-refractivity contribution in [2.24, 2.45) is 0 Å². The third kappa shape index (κ3) is 4.75. The van der Waals surface area contributed by atoms with Crippen LogP contribution in [0, 0.1) is 5.82 Å². The van der Waals surface area contributed by atoms with Crippen molar-refractivity contribution < 1.29 is 18.7 Å². The molecule has 1 amide bonds. The van der Waals surface area contributed by atoms with Crippen LogP contribution in [0.2, 0.25) is 0 Å². The Morgan fingerprint density at radius 2 is 1.62 bits per heavy atom. The normalized spacial score (nSPS) is 11.8. The van der Waals surface area contributed by atoms with Crippen LogP contribution in [0.4, 0.5) is 10.1 Å². The smallest absolute Gasteiger partial charge is 0.268 e. The molecule has 0 atom stereocenters. The lowest BCUT2D eigenvalue weighted by molar-refractivity contribution is -0.128. The largest absolute Gasteiger partial charge is 0.495 e. The number of hydrogen-bond donors (Lipinski definition) is 1. The molecule has 0 aliphatic rings. The highest BCUT2D eigenvalue weighted by atomic mass is 19.1. The second-order valence-corrected chi connectivity index (χ2v) is 7.69. The molecule has 0 aliphatic carbocycles. The summed E-state index contributed by atoms with van der Waals surface area (Å²) in [5.74, 6) is 0.306. The lowest BCUT2D eigenvalue weighted by Gasteiger charge is -2.26. The molecule has 0 unspecified atom stereocenters. The molecule has 0 fully saturated rings. The highest BCUT2D eigenvalue weighted by molar-refractivity contribution is 5.98. The van der Waals surface area contributed by atoms with Gasteiger partial charge in [-0.05, 0) is 61.2 Å². The van der Waals surface area contributed by atoms with Gasteiger partial charge in [0.15, 0.2) is 5.60 Å². The predicted molar refractivity (Wildman–Crippen MR) is 101 cm³/mol. The maximum atomic E-state index is 13.0. The lowest BCUT2D eigenvalue weighted by Crippen LogP contribution is -2.42. The summed E-state index contributed by atoms with van der Waals surface area (Å²) in [6.07, 6.45) is 0. The SMILES string of the molecule is COc1ccc(C(C)(C)C)cc1NC(=O)C(C)(C)Oc1ccc(F)cc1. The van der Waals surface area contributed by atoms with Gasteiger partial charge in [0.25, 0.3) is 5.91 Å². The van der Waals surface area contributed by atoms with Crippen molar-refractivity contribution in [3.63, 3.8) is 0 Å². The van der Waals surface area contributed by atoms with E-state index in [2.05, 4.69) is 26.1 Å². The summed E-state index contributed by atoms with van der Waals surface area (Å²) >= 11 is 0. The van der Waals surface area contributed by atoms with Crippen LogP contribution in [0.5, 0.6) is 11.5 Å². The maximum absolute atomic E-state index is 13.0. The van der Waals surface area contributed by atoms with E-state index in [9.17, 15) is 9.18 Å². The van der Waals surface area contributed by atoms with Crippen molar-refractivity contribution in [3.8, 4) is 11.5 Å². The van der Waals surface area contributed by atoms with E-state index in [-0.39, 0.29) is 17.1 Å². The first-order chi connectivity index (χ1) is 12.0. The summed E-state index contributed by atoms with van der Waals surface area (Å²) in [4.78, 5) is 12.8. The zero-order chi connectivity index (χ0) is 19.5. The first-order valence-electron chi connectivity index (χ1n) is 8.47. The molecule has 0 saturated carbocycles. The van der Waals surface area contributed by atoms with Gasteiger partial charge in [0.2, 0.25) is 0 Å². The van der Waals surface area contributed by atoms with E-state index >= 15 is 0 Å². The molecule has 0 bridgehead atoms. The molecule has 0 aliphatic heterocycles. The van der Waals surface area contributed by atoms with Gasteiger partial charge in [0.05, 0.1) is 12.8 Å². The fourth-order valence-electron chi connectivity index (χ4n) is 2.39. The van der Waals surface area contributed by atoms with Crippen molar-refractivity contribution >= 4 is 11.6 Å². The second-order valence-electron chi connectivity index (χ2n) is 7.69. The molecule has 26 heavy (non-hydrogen) atoms. The van der Waals surface area contributed by atoms with Crippen LogP contribution in [0.25, 0.3) is 0 Å². The molecule has 2 aromatic rings. The Morgan fingerprint density at radius 3 is 2.15 bits per heavy atom. The van der Waals surface area contributed by atoms with Gasteiger partial charge in [-0.1, -0.05) is 26.8 Å². The average molecular weight is 359 g/mol. The Morgan fingerprint density at radius 1 is 1.00 bits per heavy atom. The second kappa shape index (κ2) is 7.36. The third-order valence-corrected chi connectivity index (χ3v) is 4.05. The number of ether oxygens (including phenoxy) is 2. The Labute approximate surface area is 154 Å². The summed E-state index contributed by atoms with van der Waals surface area (Å²) in [5, 5.41) is 2.88. The average Bonchev–Trinajstić information content (AvgIpc) is 2.56. The van der Waals surface area contributed by atoms with Crippen LogP contribution in [0.3, 0.4) is 0 Å². The fraction of sp³-hybridized carbons (Fsp3) is 0.381. The Kier molecular flexibility index (Phi) is 5.59. The first kappa shape index (κ1) is 19.8. The van der Waals surface area contributed by atoms with Gasteiger partial charge in [-0.15, -0.1) is 0 Å². The zero-order valence-corrected chi connectivity index (χ0v) is 16.1. The zero-order valence-electron chi connectivity index (χ0n) is 16.1. The van der Waals surface area contributed by atoms with E-state index in [0.29, 0.717) is 17.2 Å². The van der Waals surface area contributed by atoms with Gasteiger partial charge in [0, 0.05) is 0 Å². The molecule has 0 spiro atoms. The molecule has 0 heterocycles. The summed E-state index contributed by atoms with van der Waals surface area (Å²) < 4.78 is 24.1. The number of hydrogen-bond acceptors (Lipinski definition) is 3. The molecule has 140 valence electrons. The van der Waals surface area contributed by atoms with E-state index in [1.165, 1.54) is 24.3 Å². The topological polar surface area (TPSA) is 47.6 Å². The predicted octanol–water partition coefficient (Wildman–Crippen LogP) is 4.93. The van der Waals surface area contributed by atoms with Crippen LogP contribution in [-0.4, -0.2) is 18.6 Å². The van der Waals surface area contributed by atoms with Gasteiger partial charge in [-0.25, -0.2) is 4.39 Å². The minimum absolute atomic E-state index is 0.0636. The molecule has 0 saturated heterocycles. The van der Waals surface area contributed by atoms with Gasteiger partial charge in [-0.2, -0.15) is 0 Å². The third-order valence-electron chi connectivity index (χ3n) is 4.05. The molecule has 0 radical (unpaired) electrons. The maximum Gasteiger partial charge on any atom is 0.268 e. The van der Waals surface area contributed by atoms with E-state index < -0.39 is 5.60 Å². The molecule has 1 N–H and O–H groups in total. The van der Waals surface area contributed by atoms with Crippen molar-refractivity contribution in [2.45, 2.75) is 45.6 Å². The molecule has 5 heteroatoms. The van der Waals surface area contributed by atoms with Crippen molar-refractivity contribution in [1.82, 2.24) is 0 Å². The van der Waals surface area contributed by atoms with Gasteiger partial charge in [-0.3, -0.25) is 4.79 Å². The number of carbonyl (C=O) groups excluding carboxylic acids is 1. The summed E-state index contributed by atoms with van der Waals surface area (Å²) in [6, 6.07) is 11.3. The number of halogens is 1.